The number of anilines is 1. The van der Waals surface area contributed by atoms with Gasteiger partial charge < -0.3 is 10.0 Å². The molecule has 1 N–H and O–H groups in total. The van der Waals surface area contributed by atoms with Crippen molar-refractivity contribution in [3.8, 4) is 0 Å². The fourth-order valence-electron chi connectivity index (χ4n) is 2.14. The molecule has 0 saturated heterocycles. The summed E-state index contributed by atoms with van der Waals surface area (Å²) in [4.78, 5) is 2.23. The first-order valence-electron chi connectivity index (χ1n) is 5.45. The Morgan fingerprint density at radius 2 is 2.27 bits per heavy atom. The molecule has 1 heterocycles. The highest BCUT2D eigenvalue weighted by molar-refractivity contribution is 5.55. The molecule has 0 unspecified atom stereocenters. The molecule has 0 bridgehead atoms. The molecule has 1 aromatic rings. The summed E-state index contributed by atoms with van der Waals surface area (Å²) in [5.74, 6) is -0.155. The monoisotopic (exact) mass is 209 g/mol. The maximum absolute atomic E-state index is 13.0. The summed E-state index contributed by atoms with van der Waals surface area (Å²) >= 11 is 0. The Morgan fingerprint density at radius 3 is 3.07 bits per heavy atom. The second-order valence-corrected chi connectivity index (χ2v) is 3.94. The van der Waals surface area contributed by atoms with E-state index < -0.39 is 0 Å². The van der Waals surface area contributed by atoms with Gasteiger partial charge in [0, 0.05) is 25.4 Å². The maximum Gasteiger partial charge on any atom is 0.123 e. The van der Waals surface area contributed by atoms with Crippen molar-refractivity contribution in [2.45, 2.75) is 19.3 Å². The van der Waals surface area contributed by atoms with Gasteiger partial charge in [-0.05, 0) is 43.0 Å². The van der Waals surface area contributed by atoms with Crippen molar-refractivity contribution in [1.82, 2.24) is 0 Å². The number of hydrogen-bond donors (Lipinski definition) is 1. The summed E-state index contributed by atoms with van der Waals surface area (Å²) in [6, 6.07) is 4.98. The van der Waals surface area contributed by atoms with E-state index in [1.54, 1.807) is 6.07 Å². The van der Waals surface area contributed by atoms with Gasteiger partial charge >= 0.3 is 0 Å². The first-order chi connectivity index (χ1) is 7.31. The van der Waals surface area contributed by atoms with Crippen LogP contribution in [0, 0.1) is 5.82 Å². The van der Waals surface area contributed by atoms with Crippen molar-refractivity contribution >= 4 is 5.69 Å². The van der Waals surface area contributed by atoms with Crippen LogP contribution < -0.4 is 4.90 Å². The first kappa shape index (κ1) is 10.4. The minimum absolute atomic E-state index is 0.155. The molecule has 1 aromatic carbocycles. The van der Waals surface area contributed by atoms with E-state index in [1.807, 2.05) is 6.07 Å². The zero-order chi connectivity index (χ0) is 10.7. The zero-order valence-electron chi connectivity index (χ0n) is 8.75. The van der Waals surface area contributed by atoms with Crippen molar-refractivity contribution in [3.63, 3.8) is 0 Å². The molecule has 82 valence electrons. The second kappa shape index (κ2) is 4.62. The van der Waals surface area contributed by atoms with E-state index in [0.29, 0.717) is 0 Å². The van der Waals surface area contributed by atoms with Crippen LogP contribution in [0.2, 0.25) is 0 Å². The Labute approximate surface area is 89.3 Å². The number of nitrogens with zero attached hydrogens (tertiary/aromatic N) is 1. The van der Waals surface area contributed by atoms with E-state index in [-0.39, 0.29) is 12.4 Å². The highest BCUT2D eigenvalue weighted by atomic mass is 19.1. The molecule has 15 heavy (non-hydrogen) atoms. The number of aryl methyl sites for hydroxylation is 1. The van der Waals surface area contributed by atoms with Crippen LogP contribution in [-0.2, 0) is 6.42 Å². The van der Waals surface area contributed by atoms with Crippen LogP contribution in [0.4, 0.5) is 10.1 Å². The average Bonchev–Trinajstić information content (AvgIpc) is 2.25. The predicted molar refractivity (Wildman–Crippen MR) is 58.6 cm³/mol. The van der Waals surface area contributed by atoms with Crippen molar-refractivity contribution < 1.29 is 9.50 Å². The number of halogens is 1. The summed E-state index contributed by atoms with van der Waals surface area (Å²) in [6.45, 7) is 2.08. The first-order valence-corrected chi connectivity index (χ1v) is 5.45. The van der Waals surface area contributed by atoms with Crippen molar-refractivity contribution in [1.29, 1.82) is 0 Å². The van der Waals surface area contributed by atoms with E-state index in [1.165, 1.54) is 6.07 Å². The van der Waals surface area contributed by atoms with Crippen LogP contribution in [-0.4, -0.2) is 24.8 Å². The Hall–Kier alpha value is -1.09. The largest absolute Gasteiger partial charge is 0.396 e. The van der Waals surface area contributed by atoms with Gasteiger partial charge in [0.1, 0.15) is 5.82 Å². The summed E-state index contributed by atoms with van der Waals surface area (Å²) in [5.41, 5.74) is 2.23. The van der Waals surface area contributed by atoms with Crippen LogP contribution in [0.1, 0.15) is 18.4 Å². The fraction of sp³-hybridized carbons (Fsp3) is 0.500. The summed E-state index contributed by atoms with van der Waals surface area (Å²) < 4.78 is 13.0. The lowest BCUT2D eigenvalue weighted by atomic mass is 10.0. The third kappa shape index (κ3) is 2.29. The van der Waals surface area contributed by atoms with Crippen molar-refractivity contribution in [2.24, 2.45) is 0 Å². The highest BCUT2D eigenvalue weighted by Gasteiger charge is 2.16. The van der Waals surface area contributed by atoms with Gasteiger partial charge in [0.2, 0.25) is 0 Å². The number of aliphatic hydroxyl groups is 1. The second-order valence-electron chi connectivity index (χ2n) is 3.94. The Bertz CT molecular complexity index is 340. The van der Waals surface area contributed by atoms with Gasteiger partial charge in [0.25, 0.3) is 0 Å². The van der Waals surface area contributed by atoms with Gasteiger partial charge in [-0.15, -0.1) is 0 Å². The lowest BCUT2D eigenvalue weighted by molar-refractivity contribution is 0.289. The minimum atomic E-state index is -0.155. The maximum atomic E-state index is 13.0. The number of rotatable bonds is 3. The van der Waals surface area contributed by atoms with Gasteiger partial charge in [-0.25, -0.2) is 4.39 Å². The van der Waals surface area contributed by atoms with Crippen LogP contribution in [0.25, 0.3) is 0 Å². The lowest BCUT2D eigenvalue weighted by Gasteiger charge is -2.31. The third-order valence-corrected chi connectivity index (χ3v) is 2.84. The molecular formula is C12H16FNO. The van der Waals surface area contributed by atoms with Gasteiger partial charge in [0.05, 0.1) is 0 Å². The fourth-order valence-corrected chi connectivity index (χ4v) is 2.14. The highest BCUT2D eigenvalue weighted by Crippen LogP contribution is 2.27. The average molecular weight is 209 g/mol. The summed E-state index contributed by atoms with van der Waals surface area (Å²) in [5, 5.41) is 8.80. The van der Waals surface area contributed by atoms with E-state index in [0.717, 1.165) is 43.6 Å². The number of hydrogen-bond acceptors (Lipinski definition) is 2. The molecule has 3 heteroatoms. The Morgan fingerprint density at radius 1 is 1.40 bits per heavy atom. The van der Waals surface area contributed by atoms with Gasteiger partial charge in [0.15, 0.2) is 0 Å². The molecule has 0 aliphatic carbocycles. The standard InChI is InChI=1S/C12H16FNO/c13-11-4-5-12-10(9-11)3-1-6-14(12)7-2-8-15/h4-5,9,15H,1-3,6-8H2. The smallest absolute Gasteiger partial charge is 0.123 e. The van der Waals surface area contributed by atoms with E-state index in [2.05, 4.69) is 4.90 Å². The topological polar surface area (TPSA) is 23.5 Å². The normalized spacial score (nSPS) is 15.2. The van der Waals surface area contributed by atoms with Gasteiger partial charge in [-0.3, -0.25) is 0 Å². The molecule has 0 radical (unpaired) electrons. The zero-order valence-corrected chi connectivity index (χ0v) is 8.75. The predicted octanol–water partition coefficient (Wildman–Crippen LogP) is 1.96. The molecule has 0 atom stereocenters. The molecule has 0 spiro atoms. The van der Waals surface area contributed by atoms with Crippen molar-refractivity contribution in [3.05, 3.63) is 29.6 Å². The quantitative estimate of drug-likeness (QED) is 0.822. The summed E-state index contributed by atoms with van der Waals surface area (Å²) in [7, 11) is 0. The molecule has 0 aromatic heterocycles. The van der Waals surface area contributed by atoms with Crippen LogP contribution in [0.15, 0.2) is 18.2 Å². The van der Waals surface area contributed by atoms with E-state index >= 15 is 0 Å². The molecule has 1 aliphatic rings. The Balaban J connectivity index is 2.18. The molecular weight excluding hydrogens is 193 g/mol. The van der Waals surface area contributed by atoms with E-state index in [9.17, 15) is 4.39 Å². The number of fused-ring (bicyclic) bond motifs is 1. The van der Waals surface area contributed by atoms with Crippen molar-refractivity contribution in [2.75, 3.05) is 24.6 Å². The van der Waals surface area contributed by atoms with Gasteiger partial charge in [-0.1, -0.05) is 0 Å². The van der Waals surface area contributed by atoms with Gasteiger partial charge in [-0.2, -0.15) is 0 Å². The van der Waals surface area contributed by atoms with E-state index in [4.69, 9.17) is 5.11 Å². The molecule has 0 fully saturated rings. The molecule has 1 aliphatic heterocycles. The number of aliphatic hydroxyl groups excluding tert-OH is 1. The van der Waals surface area contributed by atoms with Crippen LogP contribution >= 0.6 is 0 Å². The third-order valence-electron chi connectivity index (χ3n) is 2.84. The lowest BCUT2D eigenvalue weighted by Crippen LogP contribution is -2.30. The SMILES string of the molecule is OCCCN1CCCc2cc(F)ccc21. The molecule has 0 amide bonds. The van der Waals surface area contributed by atoms with Crippen LogP contribution in [0.3, 0.4) is 0 Å². The number of benzene rings is 1. The summed E-state index contributed by atoms with van der Waals surface area (Å²) in [6.07, 6.45) is 2.81. The molecule has 2 nitrogen and oxygen atoms in total. The molecule has 0 saturated carbocycles. The minimum Gasteiger partial charge on any atom is -0.396 e. The Kier molecular flexibility index (Phi) is 3.21. The molecule has 2 rings (SSSR count). The van der Waals surface area contributed by atoms with Crippen LogP contribution in [0.5, 0.6) is 0 Å².